The molecule has 0 unspecified atom stereocenters. The second-order valence-electron chi connectivity index (χ2n) is 2.61. The van der Waals surface area contributed by atoms with E-state index in [0.717, 1.165) is 0 Å². The molecule has 0 saturated heterocycles. The molecule has 3 heteroatoms. The van der Waals surface area contributed by atoms with Gasteiger partial charge < -0.3 is 5.11 Å². The SMILES string of the molecule is Cc1cc(C#CCCO)cnc1F. The number of aromatic nitrogens is 1. The molecule has 13 heavy (non-hydrogen) atoms. The molecule has 68 valence electrons. The summed E-state index contributed by atoms with van der Waals surface area (Å²) in [7, 11) is 0. The maximum atomic E-state index is 12.7. The lowest BCUT2D eigenvalue weighted by atomic mass is 10.2. The average molecular weight is 179 g/mol. The van der Waals surface area contributed by atoms with Crippen LogP contribution >= 0.6 is 0 Å². The first-order chi connectivity index (χ1) is 6.24. The number of aliphatic hydroxyl groups excluding tert-OH is 1. The summed E-state index contributed by atoms with van der Waals surface area (Å²) < 4.78 is 12.7. The molecule has 1 N–H and O–H groups in total. The first-order valence-electron chi connectivity index (χ1n) is 3.96. The minimum absolute atomic E-state index is 0.0423. The van der Waals surface area contributed by atoms with Gasteiger partial charge in [-0.2, -0.15) is 4.39 Å². The van der Waals surface area contributed by atoms with E-state index in [1.807, 2.05) is 0 Å². The maximum Gasteiger partial charge on any atom is 0.215 e. The van der Waals surface area contributed by atoms with Crippen LogP contribution in [0.25, 0.3) is 0 Å². The van der Waals surface area contributed by atoms with E-state index in [-0.39, 0.29) is 6.61 Å². The predicted octanol–water partition coefficient (Wildman–Crippen LogP) is 1.26. The van der Waals surface area contributed by atoms with Crippen LogP contribution in [0.2, 0.25) is 0 Å². The van der Waals surface area contributed by atoms with Crippen molar-refractivity contribution in [3.63, 3.8) is 0 Å². The van der Waals surface area contributed by atoms with Crippen molar-refractivity contribution < 1.29 is 9.50 Å². The van der Waals surface area contributed by atoms with Gasteiger partial charge in [0, 0.05) is 23.7 Å². The number of pyridine rings is 1. The Balaban J connectivity index is 2.81. The Kier molecular flexibility index (Phi) is 3.41. The third kappa shape index (κ3) is 2.85. The van der Waals surface area contributed by atoms with E-state index in [0.29, 0.717) is 17.5 Å². The molecule has 0 amide bonds. The lowest BCUT2D eigenvalue weighted by Gasteiger charge is -1.94. The molecular weight excluding hydrogens is 169 g/mol. The molecule has 0 bridgehead atoms. The fourth-order valence-corrected chi connectivity index (χ4v) is 0.847. The Morgan fingerprint density at radius 3 is 3.00 bits per heavy atom. The van der Waals surface area contributed by atoms with E-state index < -0.39 is 5.95 Å². The van der Waals surface area contributed by atoms with Crippen molar-refractivity contribution in [3.05, 3.63) is 29.3 Å². The van der Waals surface area contributed by atoms with E-state index in [9.17, 15) is 4.39 Å². The van der Waals surface area contributed by atoms with Crippen molar-refractivity contribution in [2.24, 2.45) is 0 Å². The largest absolute Gasteiger partial charge is 0.395 e. The third-order valence-corrected chi connectivity index (χ3v) is 1.48. The fourth-order valence-electron chi connectivity index (χ4n) is 0.847. The molecule has 0 spiro atoms. The Hall–Kier alpha value is -1.40. The van der Waals surface area contributed by atoms with Crippen LogP contribution in [-0.2, 0) is 0 Å². The molecule has 0 aliphatic rings. The number of aryl methyl sites for hydroxylation is 1. The van der Waals surface area contributed by atoms with Crippen molar-refractivity contribution in [1.29, 1.82) is 0 Å². The highest BCUT2D eigenvalue weighted by Gasteiger charge is 1.97. The second kappa shape index (κ2) is 4.58. The molecule has 0 aliphatic carbocycles. The van der Waals surface area contributed by atoms with E-state index in [1.165, 1.54) is 6.20 Å². The number of rotatable bonds is 1. The maximum absolute atomic E-state index is 12.7. The van der Waals surface area contributed by atoms with Crippen LogP contribution in [0.4, 0.5) is 4.39 Å². The Bertz CT molecular complexity index is 352. The van der Waals surface area contributed by atoms with Gasteiger partial charge in [0.25, 0.3) is 0 Å². The highest BCUT2D eigenvalue weighted by Crippen LogP contribution is 2.04. The molecule has 1 heterocycles. The molecular formula is C10H10FNO. The Labute approximate surface area is 76.4 Å². The van der Waals surface area contributed by atoms with Gasteiger partial charge in [-0.1, -0.05) is 11.8 Å². The van der Waals surface area contributed by atoms with Crippen molar-refractivity contribution in [1.82, 2.24) is 4.98 Å². The van der Waals surface area contributed by atoms with Crippen molar-refractivity contribution in [3.8, 4) is 11.8 Å². The highest BCUT2D eigenvalue weighted by atomic mass is 19.1. The number of hydrogen-bond acceptors (Lipinski definition) is 2. The van der Waals surface area contributed by atoms with Crippen molar-refractivity contribution in [2.75, 3.05) is 6.61 Å². The molecule has 0 radical (unpaired) electrons. The van der Waals surface area contributed by atoms with Gasteiger partial charge in [-0.3, -0.25) is 0 Å². The molecule has 0 atom stereocenters. The summed E-state index contributed by atoms with van der Waals surface area (Å²) in [5.41, 5.74) is 1.16. The van der Waals surface area contributed by atoms with E-state index in [4.69, 9.17) is 5.11 Å². The van der Waals surface area contributed by atoms with Crippen LogP contribution < -0.4 is 0 Å². The number of aliphatic hydroxyl groups is 1. The second-order valence-corrected chi connectivity index (χ2v) is 2.61. The van der Waals surface area contributed by atoms with Gasteiger partial charge in [-0.25, -0.2) is 4.98 Å². The smallest absolute Gasteiger partial charge is 0.215 e. The van der Waals surface area contributed by atoms with Crippen LogP contribution in [-0.4, -0.2) is 16.7 Å². The summed E-state index contributed by atoms with van der Waals surface area (Å²) in [6.45, 7) is 1.68. The van der Waals surface area contributed by atoms with Gasteiger partial charge in [0.15, 0.2) is 0 Å². The predicted molar refractivity (Wildman–Crippen MR) is 47.5 cm³/mol. The van der Waals surface area contributed by atoms with Gasteiger partial charge in [0.05, 0.1) is 6.61 Å². The van der Waals surface area contributed by atoms with Crippen LogP contribution in [0, 0.1) is 24.7 Å². The molecule has 1 aromatic heterocycles. The summed E-state index contributed by atoms with van der Waals surface area (Å²) in [6.07, 6.45) is 1.81. The highest BCUT2D eigenvalue weighted by molar-refractivity contribution is 5.34. The zero-order chi connectivity index (χ0) is 9.68. The van der Waals surface area contributed by atoms with Gasteiger partial charge in [0.1, 0.15) is 0 Å². The lowest BCUT2D eigenvalue weighted by Crippen LogP contribution is -1.89. The zero-order valence-corrected chi connectivity index (χ0v) is 7.34. The number of nitrogens with zero attached hydrogens (tertiary/aromatic N) is 1. The summed E-state index contributed by atoms with van der Waals surface area (Å²) in [5.74, 6) is 5.04. The minimum atomic E-state index is -0.465. The molecule has 1 rings (SSSR count). The molecule has 0 aromatic carbocycles. The summed E-state index contributed by atoms with van der Waals surface area (Å²) in [6, 6.07) is 1.63. The third-order valence-electron chi connectivity index (χ3n) is 1.48. The lowest BCUT2D eigenvalue weighted by molar-refractivity contribution is 0.305. The molecule has 0 saturated carbocycles. The van der Waals surface area contributed by atoms with Gasteiger partial charge in [-0.15, -0.1) is 0 Å². The number of halogens is 1. The van der Waals surface area contributed by atoms with Gasteiger partial charge in [0.2, 0.25) is 5.95 Å². The number of hydrogen-bond donors (Lipinski definition) is 1. The van der Waals surface area contributed by atoms with Gasteiger partial charge in [-0.05, 0) is 13.0 Å². The van der Waals surface area contributed by atoms with Crippen LogP contribution in [0.3, 0.4) is 0 Å². The summed E-state index contributed by atoms with van der Waals surface area (Å²) >= 11 is 0. The quantitative estimate of drug-likeness (QED) is 0.520. The first kappa shape index (κ1) is 9.69. The standard InChI is InChI=1S/C10H10FNO/c1-8-6-9(4-2-3-5-13)7-12-10(8)11/h6-7,13H,3,5H2,1H3. The summed E-state index contributed by atoms with van der Waals surface area (Å²) in [4.78, 5) is 3.53. The average Bonchev–Trinajstić information content (AvgIpc) is 2.12. The van der Waals surface area contributed by atoms with E-state index in [2.05, 4.69) is 16.8 Å². The Morgan fingerprint density at radius 2 is 2.38 bits per heavy atom. The van der Waals surface area contributed by atoms with Crippen molar-refractivity contribution in [2.45, 2.75) is 13.3 Å². The zero-order valence-electron chi connectivity index (χ0n) is 7.34. The molecule has 0 fully saturated rings. The van der Waals surface area contributed by atoms with E-state index >= 15 is 0 Å². The topological polar surface area (TPSA) is 33.1 Å². The molecule has 1 aromatic rings. The first-order valence-corrected chi connectivity index (χ1v) is 3.96. The molecule has 0 aliphatic heterocycles. The monoisotopic (exact) mass is 179 g/mol. The summed E-state index contributed by atoms with van der Waals surface area (Å²) in [5, 5.41) is 8.46. The molecule has 2 nitrogen and oxygen atoms in total. The minimum Gasteiger partial charge on any atom is -0.395 e. The van der Waals surface area contributed by atoms with Crippen molar-refractivity contribution >= 4 is 0 Å². The normalized spacial score (nSPS) is 9.15. The Morgan fingerprint density at radius 1 is 1.62 bits per heavy atom. The van der Waals surface area contributed by atoms with Crippen LogP contribution in [0.1, 0.15) is 17.5 Å². The van der Waals surface area contributed by atoms with E-state index in [1.54, 1.807) is 13.0 Å². The fraction of sp³-hybridized carbons (Fsp3) is 0.300. The van der Waals surface area contributed by atoms with Crippen LogP contribution in [0.15, 0.2) is 12.3 Å². The van der Waals surface area contributed by atoms with Gasteiger partial charge >= 0.3 is 0 Å². The van der Waals surface area contributed by atoms with Crippen LogP contribution in [0.5, 0.6) is 0 Å².